The lowest BCUT2D eigenvalue weighted by Crippen LogP contribution is -2.38. The van der Waals surface area contributed by atoms with Gasteiger partial charge in [0.05, 0.1) is 18.4 Å². The van der Waals surface area contributed by atoms with Crippen molar-refractivity contribution in [2.45, 2.75) is 26.7 Å². The zero-order valence-electron chi connectivity index (χ0n) is 18.8. The Hall–Kier alpha value is -3.41. The molecule has 3 aromatic rings. The van der Waals surface area contributed by atoms with E-state index >= 15 is 0 Å². The molecule has 2 heterocycles. The lowest BCUT2D eigenvalue weighted by atomic mass is 9.94. The minimum absolute atomic E-state index is 0.104. The fourth-order valence-corrected chi connectivity index (χ4v) is 4.40. The van der Waals surface area contributed by atoms with Crippen molar-refractivity contribution in [2.24, 2.45) is 5.92 Å². The number of amides is 2. The lowest BCUT2D eigenvalue weighted by Gasteiger charge is -2.24. The number of hydrogen-bond donors (Lipinski definition) is 1. The summed E-state index contributed by atoms with van der Waals surface area (Å²) in [6.07, 6.45) is 4.55. The number of aromatic amines is 1. The molecule has 0 spiro atoms. The molecule has 2 aromatic carbocycles. The normalized spacial score (nSPS) is 16.8. The van der Waals surface area contributed by atoms with E-state index in [9.17, 15) is 9.59 Å². The first-order valence-corrected chi connectivity index (χ1v) is 11.3. The molecule has 1 aliphatic heterocycles. The van der Waals surface area contributed by atoms with Crippen molar-refractivity contribution in [1.29, 1.82) is 0 Å². The van der Waals surface area contributed by atoms with Crippen LogP contribution in [0, 0.1) is 12.8 Å². The van der Waals surface area contributed by atoms with E-state index < -0.39 is 0 Å². The van der Waals surface area contributed by atoms with Gasteiger partial charge >= 0.3 is 0 Å². The van der Waals surface area contributed by atoms with Gasteiger partial charge in [-0.05, 0) is 36.5 Å². The zero-order valence-corrected chi connectivity index (χ0v) is 18.8. The second-order valence-corrected chi connectivity index (χ2v) is 8.51. The molecule has 4 rings (SSSR count). The molecule has 0 radical (unpaired) electrons. The Kier molecular flexibility index (Phi) is 6.69. The van der Waals surface area contributed by atoms with Crippen LogP contribution in [0.5, 0.6) is 0 Å². The summed E-state index contributed by atoms with van der Waals surface area (Å²) in [6, 6.07) is 16.8. The largest absolute Gasteiger partial charge is 0.341 e. The molecule has 0 saturated carbocycles. The van der Waals surface area contributed by atoms with E-state index in [2.05, 4.69) is 66.3 Å². The molecule has 6 nitrogen and oxygen atoms in total. The molecular formula is C26H30N4O2. The third-order valence-corrected chi connectivity index (χ3v) is 6.01. The highest BCUT2D eigenvalue weighted by Crippen LogP contribution is 2.24. The lowest BCUT2D eigenvalue weighted by molar-refractivity contribution is -0.134. The van der Waals surface area contributed by atoms with Gasteiger partial charge in [0.15, 0.2) is 0 Å². The maximum atomic E-state index is 13.4. The van der Waals surface area contributed by atoms with E-state index in [4.69, 9.17) is 0 Å². The summed E-state index contributed by atoms with van der Waals surface area (Å²) in [5, 5.41) is 0. The van der Waals surface area contributed by atoms with Crippen molar-refractivity contribution in [2.75, 3.05) is 26.2 Å². The van der Waals surface area contributed by atoms with Crippen LogP contribution < -0.4 is 0 Å². The SMILES string of the molecule is CCCN1CCN(C(=O)c2cnc[nH]2)CC(Cc2cccc(-c3cccc(C)c3)c2)C1=O. The molecule has 0 bridgehead atoms. The van der Waals surface area contributed by atoms with Gasteiger partial charge in [-0.1, -0.05) is 61.0 Å². The average molecular weight is 431 g/mol. The quantitative estimate of drug-likeness (QED) is 0.644. The molecule has 1 aliphatic rings. The van der Waals surface area contributed by atoms with Crippen molar-refractivity contribution in [3.63, 3.8) is 0 Å². The number of nitrogens with one attached hydrogen (secondary N) is 1. The fourth-order valence-electron chi connectivity index (χ4n) is 4.40. The summed E-state index contributed by atoms with van der Waals surface area (Å²) in [4.78, 5) is 36.9. The number of aromatic nitrogens is 2. The number of H-pyrrole nitrogens is 1. The minimum atomic E-state index is -0.274. The number of hydrogen-bond acceptors (Lipinski definition) is 3. The maximum Gasteiger partial charge on any atom is 0.271 e. The topological polar surface area (TPSA) is 69.3 Å². The smallest absolute Gasteiger partial charge is 0.271 e. The van der Waals surface area contributed by atoms with Crippen LogP contribution >= 0.6 is 0 Å². The van der Waals surface area contributed by atoms with E-state index in [1.54, 1.807) is 11.1 Å². The number of carbonyl (C=O) groups is 2. The Balaban J connectivity index is 1.58. The highest BCUT2D eigenvalue weighted by Gasteiger charge is 2.32. The van der Waals surface area contributed by atoms with Gasteiger partial charge in [-0.15, -0.1) is 0 Å². The molecule has 2 amide bonds. The highest BCUT2D eigenvalue weighted by atomic mass is 16.2. The van der Waals surface area contributed by atoms with Gasteiger partial charge in [0.2, 0.25) is 5.91 Å². The Morgan fingerprint density at radius 2 is 1.91 bits per heavy atom. The molecule has 0 aliphatic carbocycles. The van der Waals surface area contributed by atoms with Crippen LogP contribution in [0.3, 0.4) is 0 Å². The zero-order chi connectivity index (χ0) is 22.5. The first-order valence-electron chi connectivity index (χ1n) is 11.3. The van der Waals surface area contributed by atoms with Crippen LogP contribution in [0.1, 0.15) is 35.0 Å². The van der Waals surface area contributed by atoms with Gasteiger partial charge in [-0.3, -0.25) is 9.59 Å². The van der Waals surface area contributed by atoms with Crippen LogP contribution in [0.15, 0.2) is 61.1 Å². The monoisotopic (exact) mass is 430 g/mol. The standard InChI is InChI=1S/C26H30N4O2/c1-3-10-29-11-12-30(26(32)24-16-27-18-28-24)17-23(25(29)31)15-20-7-5-9-22(14-20)21-8-4-6-19(2)13-21/h4-9,13-14,16,18,23H,3,10-12,15,17H2,1-2H3,(H,27,28). The van der Waals surface area contributed by atoms with Crippen LogP contribution in [0.25, 0.3) is 11.1 Å². The van der Waals surface area contributed by atoms with Gasteiger partial charge in [0.1, 0.15) is 5.69 Å². The summed E-state index contributed by atoms with van der Waals surface area (Å²) < 4.78 is 0. The second kappa shape index (κ2) is 9.81. The number of carbonyl (C=O) groups excluding carboxylic acids is 2. The van der Waals surface area contributed by atoms with E-state index in [0.29, 0.717) is 38.3 Å². The van der Waals surface area contributed by atoms with Crippen molar-refractivity contribution in [3.05, 3.63) is 77.9 Å². The molecule has 32 heavy (non-hydrogen) atoms. The third kappa shape index (κ3) is 4.90. The summed E-state index contributed by atoms with van der Waals surface area (Å²) >= 11 is 0. The van der Waals surface area contributed by atoms with Crippen molar-refractivity contribution >= 4 is 11.8 Å². The van der Waals surface area contributed by atoms with E-state index in [-0.39, 0.29) is 17.7 Å². The van der Waals surface area contributed by atoms with Crippen LogP contribution in [0.2, 0.25) is 0 Å². The van der Waals surface area contributed by atoms with Gasteiger partial charge in [0, 0.05) is 26.2 Å². The predicted molar refractivity (Wildman–Crippen MR) is 125 cm³/mol. The molecular weight excluding hydrogens is 400 g/mol. The highest BCUT2D eigenvalue weighted by molar-refractivity contribution is 5.93. The number of rotatable bonds is 6. The van der Waals surface area contributed by atoms with Crippen LogP contribution in [0.4, 0.5) is 0 Å². The number of benzene rings is 2. The number of nitrogens with zero attached hydrogens (tertiary/aromatic N) is 3. The first-order chi connectivity index (χ1) is 15.5. The second-order valence-electron chi connectivity index (χ2n) is 8.51. The fraction of sp³-hybridized carbons (Fsp3) is 0.346. The van der Waals surface area contributed by atoms with Crippen molar-refractivity contribution in [1.82, 2.24) is 19.8 Å². The van der Waals surface area contributed by atoms with Gasteiger partial charge in [-0.25, -0.2) is 4.98 Å². The molecule has 1 fully saturated rings. The summed E-state index contributed by atoms with van der Waals surface area (Å²) in [5.74, 6) is -0.247. The molecule has 1 aromatic heterocycles. The molecule has 1 unspecified atom stereocenters. The van der Waals surface area contributed by atoms with Crippen LogP contribution in [-0.2, 0) is 11.2 Å². The summed E-state index contributed by atoms with van der Waals surface area (Å²) in [5.41, 5.74) is 5.09. The van der Waals surface area contributed by atoms with Crippen LogP contribution in [-0.4, -0.2) is 57.8 Å². The van der Waals surface area contributed by atoms with Crippen molar-refractivity contribution < 1.29 is 9.59 Å². The average Bonchev–Trinajstić information content (AvgIpc) is 3.29. The number of aryl methyl sites for hydroxylation is 1. The Morgan fingerprint density at radius 3 is 2.62 bits per heavy atom. The van der Waals surface area contributed by atoms with Crippen molar-refractivity contribution in [3.8, 4) is 11.1 Å². The third-order valence-electron chi connectivity index (χ3n) is 6.01. The first kappa shape index (κ1) is 21.8. The van der Waals surface area contributed by atoms with E-state index in [1.165, 1.54) is 17.5 Å². The predicted octanol–water partition coefficient (Wildman–Crippen LogP) is 3.94. The molecule has 6 heteroatoms. The van der Waals surface area contributed by atoms with Gasteiger partial charge in [-0.2, -0.15) is 0 Å². The summed E-state index contributed by atoms with van der Waals surface area (Å²) in [6.45, 7) is 6.38. The van der Waals surface area contributed by atoms with Gasteiger partial charge in [0.25, 0.3) is 5.91 Å². The Labute approximate surface area is 189 Å². The molecule has 166 valence electrons. The number of imidazole rings is 1. The van der Waals surface area contributed by atoms with Gasteiger partial charge < -0.3 is 14.8 Å². The Bertz CT molecular complexity index is 1080. The molecule has 1 saturated heterocycles. The van der Waals surface area contributed by atoms with E-state index in [0.717, 1.165) is 17.5 Å². The summed E-state index contributed by atoms with van der Waals surface area (Å²) in [7, 11) is 0. The molecule has 1 N–H and O–H groups in total. The minimum Gasteiger partial charge on any atom is -0.341 e. The van der Waals surface area contributed by atoms with E-state index in [1.807, 2.05) is 11.0 Å². The Morgan fingerprint density at radius 1 is 1.12 bits per heavy atom. The molecule has 1 atom stereocenters. The maximum absolute atomic E-state index is 13.4.